The van der Waals surface area contributed by atoms with Gasteiger partial charge in [0.2, 0.25) is 0 Å². The minimum atomic E-state index is 0.435. The van der Waals surface area contributed by atoms with Gasteiger partial charge in [0.25, 0.3) is 0 Å². The van der Waals surface area contributed by atoms with Gasteiger partial charge in [0.15, 0.2) is 5.65 Å². The van der Waals surface area contributed by atoms with Crippen LogP contribution < -0.4 is 5.32 Å². The molecule has 3 aromatic heterocycles. The summed E-state index contributed by atoms with van der Waals surface area (Å²) < 4.78 is 2.14. The monoisotopic (exact) mass is 265 g/mol. The molecule has 0 spiro atoms. The lowest BCUT2D eigenvalue weighted by Gasteiger charge is -2.12. The van der Waals surface area contributed by atoms with Gasteiger partial charge in [0.05, 0.1) is 11.9 Å². The van der Waals surface area contributed by atoms with E-state index in [1.54, 1.807) is 6.20 Å². The van der Waals surface area contributed by atoms with E-state index in [1.807, 2.05) is 30.6 Å². The van der Waals surface area contributed by atoms with Crippen LogP contribution in [-0.2, 0) is 0 Å². The smallest absolute Gasteiger partial charge is 0.164 e. The van der Waals surface area contributed by atoms with Crippen LogP contribution in [0.15, 0.2) is 42.9 Å². The van der Waals surface area contributed by atoms with E-state index in [4.69, 9.17) is 4.98 Å². The zero-order valence-electron chi connectivity index (χ0n) is 11.0. The van der Waals surface area contributed by atoms with Crippen LogP contribution in [0.1, 0.15) is 18.2 Å². The second-order valence-corrected chi connectivity index (χ2v) is 5.05. The van der Waals surface area contributed by atoms with Gasteiger partial charge in [-0.05, 0) is 37.2 Å². The van der Waals surface area contributed by atoms with E-state index in [0.29, 0.717) is 5.92 Å². The first kappa shape index (κ1) is 11.5. The highest BCUT2D eigenvalue weighted by molar-refractivity contribution is 5.73. The molecule has 3 aromatic rings. The Bertz CT molecular complexity index is 728. The first-order valence-electron chi connectivity index (χ1n) is 6.88. The van der Waals surface area contributed by atoms with Crippen molar-refractivity contribution in [3.63, 3.8) is 0 Å². The van der Waals surface area contributed by atoms with Gasteiger partial charge in [-0.3, -0.25) is 9.55 Å². The number of nitrogens with zero attached hydrogens (tertiary/aromatic N) is 4. The van der Waals surface area contributed by atoms with Gasteiger partial charge in [0, 0.05) is 24.9 Å². The fourth-order valence-corrected chi connectivity index (χ4v) is 2.82. The standard InChI is InChI=1S/C15H15N5/c1-3-12(10-16-6-1)20-14(11-5-8-17-9-11)19-13-4-2-7-18-15(13)20/h1-4,6-7,10-11,17H,5,8-9H2. The molecule has 4 rings (SSSR count). The number of rotatable bonds is 2. The first-order chi connectivity index (χ1) is 9.93. The Balaban J connectivity index is 1.98. The molecule has 0 aliphatic carbocycles. The fraction of sp³-hybridized carbons (Fsp3) is 0.267. The number of pyridine rings is 2. The van der Waals surface area contributed by atoms with Gasteiger partial charge in [0.1, 0.15) is 11.3 Å². The van der Waals surface area contributed by atoms with Gasteiger partial charge in [-0.25, -0.2) is 9.97 Å². The van der Waals surface area contributed by atoms with Crippen molar-refractivity contribution in [2.45, 2.75) is 12.3 Å². The maximum absolute atomic E-state index is 4.80. The van der Waals surface area contributed by atoms with E-state index in [2.05, 4.69) is 25.9 Å². The summed E-state index contributed by atoms with van der Waals surface area (Å²) in [7, 11) is 0. The molecule has 5 heteroatoms. The van der Waals surface area contributed by atoms with Crippen LogP contribution >= 0.6 is 0 Å². The van der Waals surface area contributed by atoms with Gasteiger partial charge >= 0.3 is 0 Å². The van der Waals surface area contributed by atoms with Crippen molar-refractivity contribution in [1.29, 1.82) is 0 Å². The highest BCUT2D eigenvalue weighted by Gasteiger charge is 2.24. The van der Waals surface area contributed by atoms with Crippen molar-refractivity contribution in [1.82, 2.24) is 24.8 Å². The minimum Gasteiger partial charge on any atom is -0.316 e. The highest BCUT2D eigenvalue weighted by atomic mass is 15.1. The molecule has 0 saturated carbocycles. The maximum atomic E-state index is 4.80. The van der Waals surface area contributed by atoms with Crippen LogP contribution in [0.25, 0.3) is 16.9 Å². The van der Waals surface area contributed by atoms with Crippen molar-refractivity contribution in [2.75, 3.05) is 13.1 Å². The highest BCUT2D eigenvalue weighted by Crippen LogP contribution is 2.27. The predicted octanol–water partition coefficient (Wildman–Crippen LogP) is 1.89. The molecule has 1 unspecified atom stereocenters. The Morgan fingerprint density at radius 1 is 1.20 bits per heavy atom. The van der Waals surface area contributed by atoms with Crippen molar-refractivity contribution in [3.05, 3.63) is 48.7 Å². The summed E-state index contributed by atoms with van der Waals surface area (Å²) in [4.78, 5) is 13.5. The molecule has 4 heterocycles. The average molecular weight is 265 g/mol. The molecule has 20 heavy (non-hydrogen) atoms. The number of hydrogen-bond donors (Lipinski definition) is 1. The summed E-state index contributed by atoms with van der Waals surface area (Å²) in [5.41, 5.74) is 2.87. The quantitative estimate of drug-likeness (QED) is 0.769. The lowest BCUT2D eigenvalue weighted by Crippen LogP contribution is -2.12. The molecular weight excluding hydrogens is 250 g/mol. The predicted molar refractivity (Wildman–Crippen MR) is 76.9 cm³/mol. The molecule has 0 amide bonds. The van der Waals surface area contributed by atoms with Crippen LogP contribution in [-0.4, -0.2) is 32.6 Å². The normalized spacial score (nSPS) is 18.7. The Hall–Kier alpha value is -2.27. The average Bonchev–Trinajstić information content (AvgIpc) is 3.15. The van der Waals surface area contributed by atoms with Crippen LogP contribution in [0.4, 0.5) is 0 Å². The summed E-state index contributed by atoms with van der Waals surface area (Å²) in [5, 5.41) is 3.40. The van der Waals surface area contributed by atoms with Crippen molar-refractivity contribution in [2.24, 2.45) is 0 Å². The Labute approximate surface area is 116 Å². The molecule has 5 nitrogen and oxygen atoms in total. The third kappa shape index (κ3) is 1.78. The molecule has 100 valence electrons. The van der Waals surface area contributed by atoms with Crippen LogP contribution in [0, 0.1) is 0 Å². The van der Waals surface area contributed by atoms with Crippen molar-refractivity contribution >= 4 is 11.2 Å². The van der Waals surface area contributed by atoms with E-state index in [0.717, 1.165) is 42.2 Å². The molecule has 1 fully saturated rings. The number of nitrogens with one attached hydrogen (secondary N) is 1. The molecular formula is C15H15N5. The molecule has 0 radical (unpaired) electrons. The van der Waals surface area contributed by atoms with Gasteiger partial charge < -0.3 is 5.32 Å². The fourth-order valence-electron chi connectivity index (χ4n) is 2.82. The second kappa shape index (κ2) is 4.68. The van der Waals surface area contributed by atoms with Crippen LogP contribution in [0.3, 0.4) is 0 Å². The molecule has 1 saturated heterocycles. The molecule has 1 aliphatic rings. The summed E-state index contributed by atoms with van der Waals surface area (Å²) in [6.07, 6.45) is 6.58. The first-order valence-corrected chi connectivity index (χ1v) is 6.88. The minimum absolute atomic E-state index is 0.435. The molecule has 0 bridgehead atoms. The topological polar surface area (TPSA) is 55.6 Å². The van der Waals surface area contributed by atoms with E-state index >= 15 is 0 Å². The van der Waals surface area contributed by atoms with Gasteiger partial charge in [-0.15, -0.1) is 0 Å². The lowest BCUT2D eigenvalue weighted by molar-refractivity contribution is 0.690. The lowest BCUT2D eigenvalue weighted by atomic mass is 10.1. The zero-order valence-corrected chi connectivity index (χ0v) is 11.0. The summed E-state index contributed by atoms with van der Waals surface area (Å²) in [6, 6.07) is 7.94. The number of hydrogen-bond acceptors (Lipinski definition) is 4. The molecule has 1 aliphatic heterocycles. The summed E-state index contributed by atoms with van der Waals surface area (Å²) >= 11 is 0. The molecule has 1 atom stereocenters. The van der Waals surface area contributed by atoms with E-state index in [-0.39, 0.29) is 0 Å². The van der Waals surface area contributed by atoms with Gasteiger partial charge in [-0.1, -0.05) is 0 Å². The third-order valence-electron chi connectivity index (χ3n) is 3.77. The second-order valence-electron chi connectivity index (χ2n) is 5.05. The van der Waals surface area contributed by atoms with E-state index < -0.39 is 0 Å². The van der Waals surface area contributed by atoms with E-state index in [1.165, 1.54) is 0 Å². The van der Waals surface area contributed by atoms with Crippen LogP contribution in [0.5, 0.6) is 0 Å². The maximum Gasteiger partial charge on any atom is 0.164 e. The zero-order chi connectivity index (χ0) is 13.4. The molecule has 0 aromatic carbocycles. The van der Waals surface area contributed by atoms with Crippen molar-refractivity contribution in [3.8, 4) is 5.69 Å². The summed E-state index contributed by atoms with van der Waals surface area (Å²) in [6.45, 7) is 2.03. The third-order valence-corrected chi connectivity index (χ3v) is 3.77. The number of imidazole rings is 1. The Morgan fingerprint density at radius 2 is 2.15 bits per heavy atom. The number of fused-ring (bicyclic) bond motifs is 1. The van der Waals surface area contributed by atoms with Crippen molar-refractivity contribution < 1.29 is 0 Å². The number of aromatic nitrogens is 4. The largest absolute Gasteiger partial charge is 0.316 e. The summed E-state index contributed by atoms with van der Waals surface area (Å²) in [5.74, 6) is 1.51. The van der Waals surface area contributed by atoms with Crippen LogP contribution in [0.2, 0.25) is 0 Å². The van der Waals surface area contributed by atoms with Gasteiger partial charge in [-0.2, -0.15) is 0 Å². The van der Waals surface area contributed by atoms with E-state index in [9.17, 15) is 0 Å². The SMILES string of the molecule is c1cncc(-n2c(C3CCNC3)nc3cccnc32)c1. The Kier molecular flexibility index (Phi) is 2.70. The molecule has 1 N–H and O–H groups in total. The Morgan fingerprint density at radius 3 is 2.95 bits per heavy atom.